The van der Waals surface area contributed by atoms with Crippen LogP contribution in [0, 0.1) is 11.6 Å². The van der Waals surface area contributed by atoms with Crippen molar-refractivity contribution in [1.29, 1.82) is 0 Å². The summed E-state index contributed by atoms with van der Waals surface area (Å²) in [6.45, 7) is 5.25. The molecule has 104 valence electrons. The number of benzene rings is 1. The smallest absolute Gasteiger partial charge is 0.130 e. The lowest BCUT2D eigenvalue weighted by Gasteiger charge is -2.17. The van der Waals surface area contributed by atoms with E-state index in [0.29, 0.717) is 5.56 Å². The summed E-state index contributed by atoms with van der Waals surface area (Å²) in [4.78, 5) is 2.40. The molecule has 0 spiro atoms. The average molecular weight is 266 g/mol. The standard InChI is InChI=1S/C15H20F2N2/c16-14-5-6-15(17)13(12-14)4-1-2-9-19-10-3-7-18-8-11-19/h1,4-6,12,18H,2-3,7-11H2/b4-1+. The molecule has 0 unspecified atom stereocenters. The molecule has 4 heteroatoms. The molecule has 0 atom stereocenters. The van der Waals surface area contributed by atoms with E-state index in [-0.39, 0.29) is 5.82 Å². The van der Waals surface area contributed by atoms with Gasteiger partial charge in [0.2, 0.25) is 0 Å². The lowest BCUT2D eigenvalue weighted by Crippen LogP contribution is -2.28. The Hall–Kier alpha value is -1.26. The van der Waals surface area contributed by atoms with Crippen LogP contribution in [0.1, 0.15) is 18.4 Å². The van der Waals surface area contributed by atoms with Crippen LogP contribution in [0.2, 0.25) is 0 Å². The monoisotopic (exact) mass is 266 g/mol. The molecule has 2 rings (SSSR count). The number of nitrogens with one attached hydrogen (secondary N) is 1. The topological polar surface area (TPSA) is 15.3 Å². The van der Waals surface area contributed by atoms with Crippen LogP contribution in [0.5, 0.6) is 0 Å². The molecule has 0 amide bonds. The molecule has 19 heavy (non-hydrogen) atoms. The fourth-order valence-corrected chi connectivity index (χ4v) is 2.23. The van der Waals surface area contributed by atoms with Gasteiger partial charge in [-0.15, -0.1) is 0 Å². The maximum absolute atomic E-state index is 13.4. The van der Waals surface area contributed by atoms with Crippen LogP contribution in [0.3, 0.4) is 0 Å². The maximum atomic E-state index is 13.4. The van der Waals surface area contributed by atoms with Crippen molar-refractivity contribution in [2.24, 2.45) is 0 Å². The van der Waals surface area contributed by atoms with Crippen molar-refractivity contribution in [3.05, 3.63) is 41.5 Å². The van der Waals surface area contributed by atoms with Gasteiger partial charge < -0.3 is 10.2 Å². The van der Waals surface area contributed by atoms with Gasteiger partial charge in [-0.3, -0.25) is 0 Å². The normalized spacial score (nSPS) is 17.8. The summed E-state index contributed by atoms with van der Waals surface area (Å²) in [5.41, 5.74) is 0.317. The quantitative estimate of drug-likeness (QED) is 0.901. The Morgan fingerprint density at radius 1 is 1.21 bits per heavy atom. The Kier molecular flexibility index (Phi) is 5.48. The molecular weight excluding hydrogens is 246 g/mol. The first kappa shape index (κ1) is 14.2. The molecule has 0 radical (unpaired) electrons. The molecular formula is C15H20F2N2. The third-order valence-corrected chi connectivity index (χ3v) is 3.30. The average Bonchev–Trinajstić information content (AvgIpc) is 2.67. The van der Waals surface area contributed by atoms with Crippen LogP contribution in [-0.4, -0.2) is 37.6 Å². The van der Waals surface area contributed by atoms with E-state index in [1.54, 1.807) is 6.08 Å². The predicted molar refractivity (Wildman–Crippen MR) is 73.9 cm³/mol. The largest absolute Gasteiger partial charge is 0.315 e. The number of nitrogens with zero attached hydrogens (tertiary/aromatic N) is 1. The van der Waals surface area contributed by atoms with Crippen LogP contribution in [0.4, 0.5) is 8.78 Å². The molecule has 1 aromatic rings. The second-order valence-electron chi connectivity index (χ2n) is 4.80. The number of hydrogen-bond donors (Lipinski definition) is 1. The first-order chi connectivity index (χ1) is 9.25. The third-order valence-electron chi connectivity index (χ3n) is 3.30. The fourth-order valence-electron chi connectivity index (χ4n) is 2.23. The Balaban J connectivity index is 1.81. The van der Waals surface area contributed by atoms with Crippen molar-refractivity contribution >= 4 is 6.08 Å². The third kappa shape index (κ3) is 4.73. The lowest BCUT2D eigenvalue weighted by atomic mass is 10.2. The van der Waals surface area contributed by atoms with Gasteiger partial charge in [0, 0.05) is 25.2 Å². The fraction of sp³-hybridized carbons (Fsp3) is 0.467. The van der Waals surface area contributed by atoms with E-state index in [4.69, 9.17) is 0 Å². The zero-order valence-electron chi connectivity index (χ0n) is 11.0. The van der Waals surface area contributed by atoms with Crippen molar-refractivity contribution in [3.63, 3.8) is 0 Å². The molecule has 2 nitrogen and oxygen atoms in total. The van der Waals surface area contributed by atoms with Gasteiger partial charge in [-0.25, -0.2) is 8.78 Å². The molecule has 1 aliphatic heterocycles. The second-order valence-corrected chi connectivity index (χ2v) is 4.80. The molecule has 0 aromatic heterocycles. The van der Waals surface area contributed by atoms with Gasteiger partial charge in [-0.05, 0) is 44.1 Å². The van der Waals surface area contributed by atoms with Gasteiger partial charge in [-0.1, -0.05) is 12.2 Å². The Morgan fingerprint density at radius 3 is 3.00 bits per heavy atom. The lowest BCUT2D eigenvalue weighted by molar-refractivity contribution is 0.298. The van der Waals surface area contributed by atoms with E-state index in [9.17, 15) is 8.78 Å². The minimum Gasteiger partial charge on any atom is -0.315 e. The van der Waals surface area contributed by atoms with Crippen molar-refractivity contribution in [2.75, 3.05) is 32.7 Å². The minimum absolute atomic E-state index is 0.317. The van der Waals surface area contributed by atoms with E-state index in [1.165, 1.54) is 12.5 Å². The van der Waals surface area contributed by atoms with Crippen molar-refractivity contribution < 1.29 is 8.78 Å². The van der Waals surface area contributed by atoms with E-state index in [2.05, 4.69) is 10.2 Å². The van der Waals surface area contributed by atoms with Gasteiger partial charge in [0.25, 0.3) is 0 Å². The van der Waals surface area contributed by atoms with Gasteiger partial charge in [0.1, 0.15) is 11.6 Å². The van der Waals surface area contributed by atoms with Gasteiger partial charge in [-0.2, -0.15) is 0 Å². The number of halogens is 2. The summed E-state index contributed by atoms with van der Waals surface area (Å²) >= 11 is 0. The van der Waals surface area contributed by atoms with Gasteiger partial charge in [0.05, 0.1) is 0 Å². The summed E-state index contributed by atoms with van der Waals surface area (Å²) < 4.78 is 26.3. The molecule has 1 aliphatic rings. The first-order valence-electron chi connectivity index (χ1n) is 6.80. The Labute approximate surface area is 113 Å². The highest BCUT2D eigenvalue weighted by Gasteiger charge is 2.06. The molecule has 1 aromatic carbocycles. The Morgan fingerprint density at radius 2 is 2.11 bits per heavy atom. The van der Waals surface area contributed by atoms with Crippen LogP contribution < -0.4 is 5.32 Å². The summed E-state index contributed by atoms with van der Waals surface area (Å²) in [6.07, 6.45) is 5.60. The van der Waals surface area contributed by atoms with E-state index in [0.717, 1.165) is 51.3 Å². The molecule has 1 heterocycles. The SMILES string of the molecule is Fc1ccc(F)c(/C=C/CCN2CCCNCC2)c1. The maximum Gasteiger partial charge on any atom is 0.130 e. The van der Waals surface area contributed by atoms with Crippen LogP contribution in [-0.2, 0) is 0 Å². The molecule has 1 fully saturated rings. The van der Waals surface area contributed by atoms with Crippen molar-refractivity contribution in [1.82, 2.24) is 10.2 Å². The minimum atomic E-state index is -0.403. The first-order valence-corrected chi connectivity index (χ1v) is 6.80. The zero-order chi connectivity index (χ0) is 13.5. The van der Waals surface area contributed by atoms with E-state index in [1.807, 2.05) is 6.08 Å². The highest BCUT2D eigenvalue weighted by atomic mass is 19.1. The summed E-state index contributed by atoms with van der Waals surface area (Å²) in [5.74, 6) is -0.781. The van der Waals surface area contributed by atoms with Crippen molar-refractivity contribution in [3.8, 4) is 0 Å². The van der Waals surface area contributed by atoms with Crippen LogP contribution in [0.15, 0.2) is 24.3 Å². The van der Waals surface area contributed by atoms with Crippen LogP contribution in [0.25, 0.3) is 6.08 Å². The molecule has 1 saturated heterocycles. The summed E-state index contributed by atoms with van der Waals surface area (Å²) in [7, 11) is 0. The van der Waals surface area contributed by atoms with Gasteiger partial charge >= 0.3 is 0 Å². The number of rotatable bonds is 4. The molecule has 0 bridgehead atoms. The highest BCUT2D eigenvalue weighted by molar-refractivity contribution is 5.49. The van der Waals surface area contributed by atoms with E-state index >= 15 is 0 Å². The number of hydrogen-bond acceptors (Lipinski definition) is 2. The molecule has 0 saturated carbocycles. The Bertz CT molecular complexity index is 424. The highest BCUT2D eigenvalue weighted by Crippen LogP contribution is 2.11. The van der Waals surface area contributed by atoms with Crippen molar-refractivity contribution in [2.45, 2.75) is 12.8 Å². The van der Waals surface area contributed by atoms with Crippen LogP contribution >= 0.6 is 0 Å². The predicted octanol–water partition coefficient (Wildman–Crippen LogP) is 2.66. The molecule has 1 N–H and O–H groups in total. The second kappa shape index (κ2) is 7.36. The molecule has 0 aliphatic carbocycles. The van der Waals surface area contributed by atoms with Gasteiger partial charge in [0.15, 0.2) is 0 Å². The van der Waals surface area contributed by atoms with E-state index < -0.39 is 5.82 Å². The zero-order valence-corrected chi connectivity index (χ0v) is 11.0. The summed E-state index contributed by atoms with van der Waals surface area (Å²) in [6, 6.07) is 3.52. The summed E-state index contributed by atoms with van der Waals surface area (Å²) in [5, 5.41) is 3.36.